The van der Waals surface area contributed by atoms with Crippen molar-refractivity contribution in [3.05, 3.63) is 82.9 Å². The first kappa shape index (κ1) is 22.0. The van der Waals surface area contributed by atoms with Gasteiger partial charge >= 0.3 is 6.09 Å². The molecule has 0 bridgehead atoms. The molecule has 33 heavy (non-hydrogen) atoms. The lowest BCUT2D eigenvalue weighted by Gasteiger charge is -2.14. The fraction of sp³-hybridized carbons (Fsp3) is 0.185. The van der Waals surface area contributed by atoms with Crippen LogP contribution in [0.4, 0.5) is 4.79 Å². The summed E-state index contributed by atoms with van der Waals surface area (Å²) < 4.78 is 15.9. The van der Waals surface area contributed by atoms with Gasteiger partial charge in [0.1, 0.15) is 6.61 Å². The summed E-state index contributed by atoms with van der Waals surface area (Å²) in [7, 11) is 3.00. The Bertz CT molecular complexity index is 1210. The molecule has 1 N–H and O–H groups in total. The average Bonchev–Trinajstić information content (AvgIpc) is 3.18. The number of hydrogen-bond acceptors (Lipinski definition) is 5. The normalized spacial score (nSPS) is 11.5. The summed E-state index contributed by atoms with van der Waals surface area (Å²) in [5.74, 6) is 6.63. The minimum atomic E-state index is -0.547. The third-order valence-corrected chi connectivity index (χ3v) is 5.57. The molecule has 0 fully saturated rings. The van der Waals surface area contributed by atoms with Crippen molar-refractivity contribution >= 4 is 12.4 Å². The Balaban J connectivity index is 1.38. The summed E-state index contributed by atoms with van der Waals surface area (Å²) in [4.78, 5) is 23.6. The van der Waals surface area contributed by atoms with Crippen molar-refractivity contribution in [3.8, 4) is 34.5 Å². The Morgan fingerprint density at radius 3 is 2.18 bits per heavy atom. The lowest BCUT2D eigenvalue weighted by molar-refractivity contribution is 0.112. The molecule has 0 saturated carbocycles. The Morgan fingerprint density at radius 2 is 1.58 bits per heavy atom. The standard InChI is InChI=1S/C27H23NO5/c1-31-25-14-18(19(16-29)15-26(25)32-2)8-7-13-28-27(30)33-17-24-22-11-5-3-9-20(22)21-10-4-6-12-23(21)24/h3-6,9-12,14-16,24H,13,17H2,1-2H3,(H,28,30). The molecule has 0 saturated heterocycles. The molecule has 0 radical (unpaired) electrons. The van der Waals surface area contributed by atoms with Gasteiger partial charge in [0.15, 0.2) is 17.8 Å². The molecule has 0 heterocycles. The van der Waals surface area contributed by atoms with Crippen molar-refractivity contribution in [2.24, 2.45) is 0 Å². The van der Waals surface area contributed by atoms with E-state index in [1.165, 1.54) is 25.3 Å². The van der Waals surface area contributed by atoms with Gasteiger partial charge in [-0.3, -0.25) is 4.79 Å². The molecule has 0 spiro atoms. The number of carbonyl (C=O) groups excluding carboxylic acids is 2. The Labute approximate surface area is 192 Å². The highest BCUT2D eigenvalue weighted by molar-refractivity contribution is 5.81. The van der Waals surface area contributed by atoms with Crippen LogP contribution in [0.1, 0.15) is 33.0 Å². The van der Waals surface area contributed by atoms with E-state index in [-0.39, 0.29) is 19.1 Å². The van der Waals surface area contributed by atoms with Gasteiger partial charge in [-0.2, -0.15) is 0 Å². The van der Waals surface area contributed by atoms with Crippen LogP contribution in [0.15, 0.2) is 60.7 Å². The predicted octanol–water partition coefficient (Wildman–Crippen LogP) is 4.41. The molecular weight excluding hydrogens is 418 g/mol. The van der Waals surface area contributed by atoms with E-state index in [0.29, 0.717) is 28.9 Å². The lowest BCUT2D eigenvalue weighted by atomic mass is 9.98. The second-order valence-electron chi connectivity index (χ2n) is 7.39. The highest BCUT2D eigenvalue weighted by Crippen LogP contribution is 2.44. The number of fused-ring (bicyclic) bond motifs is 3. The highest BCUT2D eigenvalue weighted by atomic mass is 16.5. The minimum Gasteiger partial charge on any atom is -0.493 e. The first-order valence-corrected chi connectivity index (χ1v) is 10.4. The van der Waals surface area contributed by atoms with Crippen molar-refractivity contribution in [2.45, 2.75) is 5.92 Å². The van der Waals surface area contributed by atoms with Gasteiger partial charge in [-0.15, -0.1) is 0 Å². The number of aldehydes is 1. The van der Waals surface area contributed by atoms with Gasteiger partial charge in [0.2, 0.25) is 0 Å². The average molecular weight is 441 g/mol. The summed E-state index contributed by atoms with van der Waals surface area (Å²) in [6, 6.07) is 19.5. The third-order valence-electron chi connectivity index (χ3n) is 5.57. The van der Waals surface area contributed by atoms with Crippen LogP contribution in [-0.2, 0) is 4.74 Å². The molecule has 6 nitrogen and oxygen atoms in total. The fourth-order valence-electron chi connectivity index (χ4n) is 4.01. The second-order valence-corrected chi connectivity index (χ2v) is 7.39. The minimum absolute atomic E-state index is 0.00357. The second kappa shape index (κ2) is 9.92. The predicted molar refractivity (Wildman–Crippen MR) is 125 cm³/mol. The Hall–Kier alpha value is -4.24. The smallest absolute Gasteiger partial charge is 0.407 e. The van der Waals surface area contributed by atoms with E-state index < -0.39 is 6.09 Å². The summed E-state index contributed by atoms with van der Waals surface area (Å²) in [6.07, 6.45) is 0.152. The number of benzene rings is 3. The van der Waals surface area contributed by atoms with Crippen molar-refractivity contribution in [1.29, 1.82) is 0 Å². The van der Waals surface area contributed by atoms with Gasteiger partial charge in [0, 0.05) is 23.1 Å². The molecule has 0 aliphatic heterocycles. The zero-order valence-corrected chi connectivity index (χ0v) is 18.4. The number of carbonyl (C=O) groups is 2. The van der Waals surface area contributed by atoms with Crippen LogP contribution in [0.25, 0.3) is 11.1 Å². The molecule has 4 rings (SSSR count). The number of nitrogens with one attached hydrogen (secondary N) is 1. The Kier molecular flexibility index (Phi) is 6.61. The first-order valence-electron chi connectivity index (χ1n) is 10.4. The topological polar surface area (TPSA) is 73.9 Å². The number of hydrogen-bond donors (Lipinski definition) is 1. The third kappa shape index (κ3) is 4.53. The van der Waals surface area contributed by atoms with Crippen molar-refractivity contribution in [2.75, 3.05) is 27.4 Å². The molecule has 3 aromatic rings. The fourth-order valence-corrected chi connectivity index (χ4v) is 4.01. The molecular formula is C27H23NO5. The molecule has 1 aliphatic carbocycles. The Morgan fingerprint density at radius 1 is 0.970 bits per heavy atom. The SMILES string of the molecule is COc1cc(C#CCNC(=O)OCC2c3ccccc3-c3ccccc32)c(C=O)cc1OC. The number of alkyl carbamates (subject to hydrolysis) is 1. The van der Waals surface area contributed by atoms with Crippen molar-refractivity contribution in [3.63, 3.8) is 0 Å². The van der Waals surface area contributed by atoms with E-state index in [4.69, 9.17) is 14.2 Å². The molecule has 3 aromatic carbocycles. The van der Waals surface area contributed by atoms with Gasteiger partial charge in [-0.05, 0) is 28.3 Å². The number of rotatable bonds is 6. The van der Waals surface area contributed by atoms with E-state index in [1.54, 1.807) is 12.1 Å². The van der Waals surface area contributed by atoms with Crippen LogP contribution < -0.4 is 14.8 Å². The molecule has 1 amide bonds. The van der Waals surface area contributed by atoms with Crippen LogP contribution in [-0.4, -0.2) is 39.8 Å². The van der Waals surface area contributed by atoms with Crippen LogP contribution in [0.5, 0.6) is 11.5 Å². The summed E-state index contributed by atoms with van der Waals surface area (Å²) >= 11 is 0. The summed E-state index contributed by atoms with van der Waals surface area (Å²) in [6.45, 7) is 0.307. The van der Waals surface area contributed by atoms with Crippen molar-refractivity contribution in [1.82, 2.24) is 5.32 Å². The highest BCUT2D eigenvalue weighted by Gasteiger charge is 2.28. The van der Waals surface area contributed by atoms with E-state index in [2.05, 4.69) is 41.4 Å². The van der Waals surface area contributed by atoms with Gasteiger partial charge in [-0.1, -0.05) is 60.4 Å². The van der Waals surface area contributed by atoms with E-state index in [9.17, 15) is 9.59 Å². The zero-order chi connectivity index (χ0) is 23.2. The quantitative estimate of drug-likeness (QED) is 0.453. The van der Waals surface area contributed by atoms with Gasteiger partial charge in [0.05, 0.1) is 20.8 Å². The first-order chi connectivity index (χ1) is 16.2. The molecule has 1 aliphatic rings. The molecule has 0 aromatic heterocycles. The maximum absolute atomic E-state index is 12.2. The van der Waals surface area contributed by atoms with Crippen LogP contribution >= 0.6 is 0 Å². The molecule has 166 valence electrons. The van der Waals surface area contributed by atoms with E-state index in [0.717, 1.165) is 11.1 Å². The van der Waals surface area contributed by atoms with Gasteiger partial charge in [0.25, 0.3) is 0 Å². The number of ether oxygens (including phenoxy) is 3. The van der Waals surface area contributed by atoms with Gasteiger partial charge < -0.3 is 19.5 Å². The number of amides is 1. The maximum Gasteiger partial charge on any atom is 0.407 e. The van der Waals surface area contributed by atoms with Crippen LogP contribution in [0.2, 0.25) is 0 Å². The van der Waals surface area contributed by atoms with E-state index in [1.807, 2.05) is 24.3 Å². The summed E-state index contributed by atoms with van der Waals surface area (Å²) in [5.41, 5.74) is 5.52. The monoisotopic (exact) mass is 441 g/mol. The molecule has 0 unspecified atom stereocenters. The van der Waals surface area contributed by atoms with E-state index >= 15 is 0 Å². The molecule has 6 heteroatoms. The van der Waals surface area contributed by atoms with Crippen LogP contribution in [0, 0.1) is 11.8 Å². The maximum atomic E-state index is 12.2. The van der Waals surface area contributed by atoms with Crippen molar-refractivity contribution < 1.29 is 23.8 Å². The summed E-state index contributed by atoms with van der Waals surface area (Å²) in [5, 5.41) is 2.63. The van der Waals surface area contributed by atoms with Crippen LogP contribution in [0.3, 0.4) is 0 Å². The lowest BCUT2D eigenvalue weighted by Crippen LogP contribution is -2.26. The van der Waals surface area contributed by atoms with Gasteiger partial charge in [-0.25, -0.2) is 4.79 Å². The largest absolute Gasteiger partial charge is 0.493 e. The molecule has 0 atom stereocenters. The number of methoxy groups -OCH3 is 2. The zero-order valence-electron chi connectivity index (χ0n) is 18.4.